The standard InChI is InChI=1S/C11H13FOS/c1-6-3-8-4-9(14)7(2)10(12)11(8)13-5-6/h4,6,14H,3,5H2,1-2H3. The maximum atomic E-state index is 13.7. The number of benzene rings is 1. The van der Waals surface area contributed by atoms with Crippen LogP contribution in [0.15, 0.2) is 11.0 Å². The molecule has 1 heterocycles. The van der Waals surface area contributed by atoms with Gasteiger partial charge in [-0.05, 0) is 30.9 Å². The van der Waals surface area contributed by atoms with Crippen molar-refractivity contribution in [2.24, 2.45) is 5.92 Å². The fourth-order valence-corrected chi connectivity index (χ4v) is 1.98. The van der Waals surface area contributed by atoms with Crippen LogP contribution in [0.25, 0.3) is 0 Å². The Morgan fingerprint density at radius 2 is 2.29 bits per heavy atom. The van der Waals surface area contributed by atoms with Crippen LogP contribution < -0.4 is 4.74 Å². The van der Waals surface area contributed by atoms with Crippen molar-refractivity contribution in [1.29, 1.82) is 0 Å². The van der Waals surface area contributed by atoms with Crippen molar-refractivity contribution in [2.75, 3.05) is 6.61 Å². The van der Waals surface area contributed by atoms with Crippen LogP contribution in [0.2, 0.25) is 0 Å². The Morgan fingerprint density at radius 3 is 3.00 bits per heavy atom. The highest BCUT2D eigenvalue weighted by Gasteiger charge is 2.22. The highest BCUT2D eigenvalue weighted by molar-refractivity contribution is 7.80. The van der Waals surface area contributed by atoms with E-state index in [1.54, 1.807) is 6.92 Å². The van der Waals surface area contributed by atoms with Gasteiger partial charge in [0.2, 0.25) is 0 Å². The third-order valence-corrected chi connectivity index (χ3v) is 3.06. The van der Waals surface area contributed by atoms with Crippen molar-refractivity contribution in [3.8, 4) is 5.75 Å². The fraction of sp³-hybridized carbons (Fsp3) is 0.455. The van der Waals surface area contributed by atoms with E-state index in [4.69, 9.17) is 4.74 Å². The van der Waals surface area contributed by atoms with Crippen LogP contribution in [0.5, 0.6) is 5.75 Å². The van der Waals surface area contributed by atoms with E-state index in [0.717, 1.165) is 12.0 Å². The summed E-state index contributed by atoms with van der Waals surface area (Å²) in [5, 5.41) is 0. The first-order valence-corrected chi connectivity index (χ1v) is 5.18. The number of hydrogen-bond donors (Lipinski definition) is 1. The zero-order chi connectivity index (χ0) is 10.3. The second kappa shape index (κ2) is 3.46. The lowest BCUT2D eigenvalue weighted by atomic mass is 9.97. The van der Waals surface area contributed by atoms with E-state index in [9.17, 15) is 4.39 Å². The molecule has 0 bridgehead atoms. The molecule has 1 nitrogen and oxygen atoms in total. The van der Waals surface area contributed by atoms with Gasteiger partial charge in [-0.3, -0.25) is 0 Å². The predicted octanol–water partition coefficient (Wildman–Crippen LogP) is 2.99. The Labute approximate surface area is 88.7 Å². The smallest absolute Gasteiger partial charge is 0.169 e. The highest BCUT2D eigenvalue weighted by atomic mass is 32.1. The SMILES string of the molecule is Cc1c(S)cc2c(c1F)OCC(C)C2. The van der Waals surface area contributed by atoms with Gasteiger partial charge < -0.3 is 4.74 Å². The van der Waals surface area contributed by atoms with Gasteiger partial charge in [0.15, 0.2) is 11.6 Å². The van der Waals surface area contributed by atoms with E-state index in [1.807, 2.05) is 6.07 Å². The Bertz CT molecular complexity index is 376. The highest BCUT2D eigenvalue weighted by Crippen LogP contribution is 2.34. The van der Waals surface area contributed by atoms with Crippen LogP contribution in [0.1, 0.15) is 18.1 Å². The number of thiol groups is 1. The first kappa shape index (κ1) is 9.84. The zero-order valence-corrected chi connectivity index (χ0v) is 9.20. The monoisotopic (exact) mass is 212 g/mol. The summed E-state index contributed by atoms with van der Waals surface area (Å²) in [5.41, 5.74) is 1.51. The summed E-state index contributed by atoms with van der Waals surface area (Å²) in [7, 11) is 0. The predicted molar refractivity (Wildman–Crippen MR) is 56.8 cm³/mol. The molecule has 0 aliphatic carbocycles. The summed E-state index contributed by atoms with van der Waals surface area (Å²) in [5.74, 6) is 0.634. The summed E-state index contributed by atoms with van der Waals surface area (Å²) < 4.78 is 19.1. The minimum absolute atomic E-state index is 0.251. The van der Waals surface area contributed by atoms with E-state index in [2.05, 4.69) is 19.6 Å². The molecule has 1 atom stereocenters. The quantitative estimate of drug-likeness (QED) is 0.650. The molecule has 1 unspecified atom stereocenters. The van der Waals surface area contributed by atoms with E-state index in [-0.39, 0.29) is 5.82 Å². The van der Waals surface area contributed by atoms with E-state index in [1.165, 1.54) is 0 Å². The number of halogens is 1. The average molecular weight is 212 g/mol. The molecule has 2 rings (SSSR count). The van der Waals surface area contributed by atoms with E-state index < -0.39 is 0 Å². The molecule has 0 saturated heterocycles. The summed E-state index contributed by atoms with van der Waals surface area (Å²) in [4.78, 5) is 0.707. The Balaban J connectivity index is 2.54. The first-order valence-electron chi connectivity index (χ1n) is 4.73. The molecular formula is C11H13FOS. The lowest BCUT2D eigenvalue weighted by Crippen LogP contribution is -2.19. The van der Waals surface area contributed by atoms with E-state index >= 15 is 0 Å². The molecule has 0 radical (unpaired) electrons. The average Bonchev–Trinajstić information content (AvgIpc) is 2.14. The van der Waals surface area contributed by atoms with E-state index in [0.29, 0.717) is 28.7 Å². The Hall–Kier alpha value is -0.700. The Kier molecular flexibility index (Phi) is 2.43. The van der Waals surface area contributed by atoms with Crippen molar-refractivity contribution in [3.05, 3.63) is 23.0 Å². The molecular weight excluding hydrogens is 199 g/mol. The van der Waals surface area contributed by atoms with Gasteiger partial charge in [0.05, 0.1) is 6.61 Å². The van der Waals surface area contributed by atoms with Crippen molar-refractivity contribution in [1.82, 2.24) is 0 Å². The maximum Gasteiger partial charge on any atom is 0.169 e. The van der Waals surface area contributed by atoms with Gasteiger partial charge >= 0.3 is 0 Å². The van der Waals surface area contributed by atoms with Crippen LogP contribution in [0.3, 0.4) is 0 Å². The molecule has 1 aromatic rings. The number of ether oxygens (including phenoxy) is 1. The molecule has 1 aliphatic heterocycles. The normalized spacial score (nSPS) is 20.1. The van der Waals surface area contributed by atoms with Crippen LogP contribution in [0, 0.1) is 18.7 Å². The van der Waals surface area contributed by atoms with Crippen molar-refractivity contribution in [2.45, 2.75) is 25.2 Å². The van der Waals surface area contributed by atoms with Crippen LogP contribution >= 0.6 is 12.6 Å². The largest absolute Gasteiger partial charge is 0.490 e. The van der Waals surface area contributed by atoms with Gasteiger partial charge in [-0.25, -0.2) is 4.39 Å². The fourth-order valence-electron chi connectivity index (χ4n) is 1.73. The van der Waals surface area contributed by atoms with Gasteiger partial charge in [-0.2, -0.15) is 0 Å². The minimum atomic E-state index is -0.251. The molecule has 14 heavy (non-hydrogen) atoms. The summed E-state index contributed by atoms with van der Waals surface area (Å²) in [6.45, 7) is 4.42. The third kappa shape index (κ3) is 1.50. The summed E-state index contributed by atoms with van der Waals surface area (Å²) >= 11 is 4.24. The number of hydrogen-bond acceptors (Lipinski definition) is 2. The molecule has 0 saturated carbocycles. The second-order valence-corrected chi connectivity index (χ2v) is 4.43. The van der Waals surface area contributed by atoms with Crippen LogP contribution in [-0.4, -0.2) is 6.61 Å². The molecule has 3 heteroatoms. The maximum absolute atomic E-state index is 13.7. The lowest BCUT2D eigenvalue weighted by Gasteiger charge is -2.24. The second-order valence-electron chi connectivity index (χ2n) is 3.94. The van der Waals surface area contributed by atoms with Gasteiger partial charge in [0, 0.05) is 10.5 Å². The topological polar surface area (TPSA) is 9.23 Å². The molecule has 76 valence electrons. The molecule has 1 aromatic carbocycles. The lowest BCUT2D eigenvalue weighted by molar-refractivity contribution is 0.222. The number of fused-ring (bicyclic) bond motifs is 1. The van der Waals surface area contributed by atoms with Gasteiger partial charge in [0.25, 0.3) is 0 Å². The molecule has 0 spiro atoms. The van der Waals surface area contributed by atoms with Crippen molar-refractivity contribution >= 4 is 12.6 Å². The summed E-state index contributed by atoms with van der Waals surface area (Å²) in [6, 6.07) is 1.91. The first-order chi connectivity index (χ1) is 6.59. The molecule has 1 aliphatic rings. The van der Waals surface area contributed by atoms with Crippen LogP contribution in [-0.2, 0) is 6.42 Å². The third-order valence-electron chi connectivity index (χ3n) is 2.60. The van der Waals surface area contributed by atoms with Gasteiger partial charge in [0.1, 0.15) is 0 Å². The Morgan fingerprint density at radius 1 is 1.57 bits per heavy atom. The molecule has 0 fully saturated rings. The minimum Gasteiger partial charge on any atom is -0.490 e. The van der Waals surface area contributed by atoms with Crippen LogP contribution in [0.4, 0.5) is 4.39 Å². The molecule has 0 aromatic heterocycles. The van der Waals surface area contributed by atoms with Gasteiger partial charge in [-0.15, -0.1) is 12.6 Å². The number of rotatable bonds is 0. The molecule has 0 N–H and O–H groups in total. The van der Waals surface area contributed by atoms with Gasteiger partial charge in [-0.1, -0.05) is 6.92 Å². The molecule has 0 amide bonds. The zero-order valence-electron chi connectivity index (χ0n) is 8.30. The van der Waals surface area contributed by atoms with Crippen molar-refractivity contribution < 1.29 is 9.13 Å². The van der Waals surface area contributed by atoms with Crippen molar-refractivity contribution in [3.63, 3.8) is 0 Å². The summed E-state index contributed by atoms with van der Waals surface area (Å²) in [6.07, 6.45) is 0.875.